The smallest absolute Gasteiger partial charge is 0.274 e. The second-order valence-electron chi connectivity index (χ2n) is 9.65. The highest BCUT2D eigenvalue weighted by Crippen LogP contribution is 2.40. The molecule has 2 fully saturated rings. The zero-order valence-corrected chi connectivity index (χ0v) is 19.4. The highest BCUT2D eigenvalue weighted by atomic mass is 19.3. The van der Waals surface area contributed by atoms with E-state index in [-0.39, 0.29) is 22.6 Å². The summed E-state index contributed by atoms with van der Waals surface area (Å²) in [5.41, 5.74) is 0.203. The predicted octanol–water partition coefficient (Wildman–Crippen LogP) is 4.09. The number of nitrogens with zero attached hydrogens (tertiary/aromatic N) is 5. The lowest BCUT2D eigenvalue weighted by atomic mass is 9.72. The highest BCUT2D eigenvalue weighted by molar-refractivity contribution is 5.93. The largest absolute Gasteiger partial charge is 0.349 e. The van der Waals surface area contributed by atoms with Crippen LogP contribution < -0.4 is 5.32 Å². The Morgan fingerprint density at radius 1 is 1.11 bits per heavy atom. The number of rotatable bonds is 7. The second kappa shape index (κ2) is 8.78. The van der Waals surface area contributed by atoms with Crippen LogP contribution in [0.4, 0.5) is 23.5 Å². The molecule has 5 rings (SSSR count). The van der Waals surface area contributed by atoms with Gasteiger partial charge in [0, 0.05) is 56.1 Å². The van der Waals surface area contributed by atoms with Crippen molar-refractivity contribution in [2.24, 2.45) is 5.41 Å². The Kier molecular flexibility index (Phi) is 5.90. The number of alkyl halides is 3. The number of hydrogen-bond acceptors (Lipinski definition) is 5. The van der Waals surface area contributed by atoms with Gasteiger partial charge in [-0.05, 0) is 19.9 Å². The topological polar surface area (TPSA) is 65.8 Å². The summed E-state index contributed by atoms with van der Waals surface area (Å²) >= 11 is 0. The number of aromatic nitrogens is 3. The number of benzene rings is 1. The van der Waals surface area contributed by atoms with E-state index >= 15 is 0 Å². The third kappa shape index (κ3) is 4.33. The third-order valence-electron chi connectivity index (χ3n) is 6.67. The number of nitrogens with one attached hydrogen (secondary N) is 1. The van der Waals surface area contributed by atoms with Crippen LogP contribution in [0.3, 0.4) is 0 Å². The van der Waals surface area contributed by atoms with E-state index in [1.165, 1.54) is 18.3 Å². The minimum atomic E-state index is -2.91. The summed E-state index contributed by atoms with van der Waals surface area (Å²) in [6.07, 6.45) is -0.715. The maximum absolute atomic E-state index is 14.6. The van der Waals surface area contributed by atoms with Crippen LogP contribution in [0.25, 0.3) is 5.65 Å². The molecule has 0 radical (unpaired) electrons. The molecule has 2 atom stereocenters. The third-order valence-corrected chi connectivity index (χ3v) is 6.67. The molecule has 2 aromatic heterocycles. The van der Waals surface area contributed by atoms with Crippen LogP contribution in [0.2, 0.25) is 0 Å². The molecule has 1 unspecified atom stereocenters. The number of halogens is 4. The summed E-state index contributed by atoms with van der Waals surface area (Å²) in [5.74, 6) is -0.858. The summed E-state index contributed by atoms with van der Waals surface area (Å²) in [6.45, 7) is 6.39. The molecule has 35 heavy (non-hydrogen) atoms. The number of carbonyl (C=O) groups excluding carboxylic acids is 1. The molecule has 3 aromatic rings. The summed E-state index contributed by atoms with van der Waals surface area (Å²) < 4.78 is 55.5. The van der Waals surface area contributed by atoms with E-state index in [0.717, 1.165) is 19.2 Å². The lowest BCUT2D eigenvalue weighted by Crippen LogP contribution is -2.73. The molecule has 1 N–H and O–H groups in total. The van der Waals surface area contributed by atoms with Crippen LogP contribution in [-0.2, 0) is 0 Å². The average molecular weight is 491 g/mol. The quantitative estimate of drug-likeness (QED) is 0.506. The van der Waals surface area contributed by atoms with E-state index in [4.69, 9.17) is 0 Å². The number of anilines is 1. The molecule has 0 saturated carbocycles. The Bertz CT molecular complexity index is 1250. The molecule has 2 aliphatic rings. The van der Waals surface area contributed by atoms with E-state index in [1.54, 1.807) is 35.4 Å². The van der Waals surface area contributed by atoms with E-state index < -0.39 is 30.0 Å². The predicted molar refractivity (Wildman–Crippen MR) is 122 cm³/mol. The highest BCUT2D eigenvalue weighted by Gasteiger charge is 2.53. The first kappa shape index (κ1) is 23.5. The molecule has 1 amide bonds. The molecule has 1 spiro atoms. The van der Waals surface area contributed by atoms with Gasteiger partial charge in [0.05, 0.1) is 11.6 Å². The standard InChI is InChI=1S/C24H26F4N6O/c1-14(25)8-32-10-24(11-32)12-33(13-24)22(35)18-9-34-19(31-18)6-7-29-23(34)30-15(2)16-4-3-5-17(20(16)26)21(27)28/h3-7,9,14-15,21H,8,10-13H2,1-2H3,(H,29,30)/t14?,15-/m1/s1. The van der Waals surface area contributed by atoms with Gasteiger partial charge < -0.3 is 10.2 Å². The van der Waals surface area contributed by atoms with E-state index in [2.05, 4.69) is 20.2 Å². The Hall–Kier alpha value is -3.21. The fourth-order valence-electron chi connectivity index (χ4n) is 5.13. The molecule has 2 saturated heterocycles. The number of imidazole rings is 1. The monoisotopic (exact) mass is 490 g/mol. The molecule has 2 aliphatic heterocycles. The van der Waals surface area contributed by atoms with Crippen LogP contribution in [0.5, 0.6) is 0 Å². The van der Waals surface area contributed by atoms with Crippen molar-refractivity contribution in [3.05, 3.63) is 59.3 Å². The lowest BCUT2D eigenvalue weighted by Gasteiger charge is -2.60. The SMILES string of the molecule is CC(F)CN1CC2(C1)CN(C(=O)c1cn3c(N[C@H](C)c4cccc(C(F)F)c4F)nccc3n1)C2. The van der Waals surface area contributed by atoms with Crippen molar-refractivity contribution < 1.29 is 22.4 Å². The van der Waals surface area contributed by atoms with Crippen molar-refractivity contribution in [1.82, 2.24) is 24.2 Å². The van der Waals surface area contributed by atoms with Crippen LogP contribution in [-0.4, -0.2) is 69.0 Å². The normalized spacial score (nSPS) is 19.0. The molecule has 7 nitrogen and oxygen atoms in total. The molecule has 1 aromatic carbocycles. The number of fused-ring (bicyclic) bond motifs is 1. The fourth-order valence-corrected chi connectivity index (χ4v) is 5.13. The van der Waals surface area contributed by atoms with Crippen molar-refractivity contribution in [2.45, 2.75) is 32.5 Å². The van der Waals surface area contributed by atoms with Crippen molar-refractivity contribution in [3.8, 4) is 0 Å². The summed E-state index contributed by atoms with van der Waals surface area (Å²) in [5, 5.41) is 3.04. The minimum absolute atomic E-state index is 0.0459. The molecule has 0 aliphatic carbocycles. The van der Waals surface area contributed by atoms with Gasteiger partial charge in [-0.15, -0.1) is 0 Å². The Balaban J connectivity index is 1.29. The Morgan fingerprint density at radius 2 is 1.83 bits per heavy atom. The van der Waals surface area contributed by atoms with Gasteiger partial charge in [-0.1, -0.05) is 18.2 Å². The maximum atomic E-state index is 14.6. The van der Waals surface area contributed by atoms with Gasteiger partial charge in [-0.3, -0.25) is 14.1 Å². The number of amides is 1. The van der Waals surface area contributed by atoms with E-state index in [1.807, 2.05) is 0 Å². The molecule has 4 heterocycles. The molecular weight excluding hydrogens is 464 g/mol. The lowest BCUT2D eigenvalue weighted by molar-refractivity contribution is -0.103. The van der Waals surface area contributed by atoms with Gasteiger partial charge in [0.2, 0.25) is 5.95 Å². The van der Waals surface area contributed by atoms with E-state index in [9.17, 15) is 22.4 Å². The zero-order chi connectivity index (χ0) is 24.9. The van der Waals surface area contributed by atoms with Crippen LogP contribution in [0, 0.1) is 11.2 Å². The van der Waals surface area contributed by atoms with Crippen molar-refractivity contribution >= 4 is 17.5 Å². The molecule has 11 heteroatoms. The zero-order valence-electron chi connectivity index (χ0n) is 19.4. The second-order valence-corrected chi connectivity index (χ2v) is 9.65. The Labute approximate surface area is 199 Å². The van der Waals surface area contributed by atoms with E-state index in [0.29, 0.717) is 31.2 Å². The molecule has 186 valence electrons. The van der Waals surface area contributed by atoms with Gasteiger partial charge in [-0.25, -0.2) is 27.5 Å². The molecule has 0 bridgehead atoms. The molecular formula is C24H26F4N6O. The first-order valence-corrected chi connectivity index (χ1v) is 11.5. The first-order chi connectivity index (χ1) is 16.7. The van der Waals surface area contributed by atoms with Crippen molar-refractivity contribution in [3.63, 3.8) is 0 Å². The van der Waals surface area contributed by atoms with Crippen LogP contribution in [0.15, 0.2) is 36.7 Å². The summed E-state index contributed by atoms with van der Waals surface area (Å²) in [4.78, 5) is 25.5. The van der Waals surface area contributed by atoms with Gasteiger partial charge in [-0.2, -0.15) is 0 Å². The fraction of sp³-hybridized carbons (Fsp3) is 0.458. The van der Waals surface area contributed by atoms with Gasteiger partial charge in [0.1, 0.15) is 23.3 Å². The first-order valence-electron chi connectivity index (χ1n) is 11.5. The van der Waals surface area contributed by atoms with Crippen molar-refractivity contribution in [2.75, 3.05) is 38.0 Å². The van der Waals surface area contributed by atoms with Crippen LogP contribution >= 0.6 is 0 Å². The van der Waals surface area contributed by atoms with Crippen molar-refractivity contribution in [1.29, 1.82) is 0 Å². The number of likely N-dealkylation sites (tertiary alicyclic amines) is 2. The maximum Gasteiger partial charge on any atom is 0.274 e. The Morgan fingerprint density at radius 3 is 2.51 bits per heavy atom. The average Bonchev–Trinajstić information content (AvgIpc) is 3.19. The van der Waals surface area contributed by atoms with Gasteiger partial charge >= 0.3 is 0 Å². The minimum Gasteiger partial charge on any atom is -0.349 e. The summed E-state index contributed by atoms with van der Waals surface area (Å²) in [7, 11) is 0. The van der Waals surface area contributed by atoms with Crippen LogP contribution in [0.1, 0.15) is 47.9 Å². The number of hydrogen-bond donors (Lipinski definition) is 1. The number of carbonyl (C=O) groups is 1. The van der Waals surface area contributed by atoms with Gasteiger partial charge in [0.15, 0.2) is 0 Å². The van der Waals surface area contributed by atoms with Gasteiger partial charge in [0.25, 0.3) is 12.3 Å². The summed E-state index contributed by atoms with van der Waals surface area (Å²) in [6, 6.07) is 4.87.